The summed E-state index contributed by atoms with van der Waals surface area (Å²) in [6.45, 7) is 3.92. The minimum atomic E-state index is -0.649. The maximum Gasteiger partial charge on any atom is 0.238 e. The summed E-state index contributed by atoms with van der Waals surface area (Å²) < 4.78 is 17.7. The molecule has 0 aliphatic carbocycles. The molecule has 1 atom stereocenters. The summed E-state index contributed by atoms with van der Waals surface area (Å²) in [5, 5.41) is 13.6. The van der Waals surface area contributed by atoms with Gasteiger partial charge in [0.05, 0.1) is 12.2 Å². The summed E-state index contributed by atoms with van der Waals surface area (Å²) >= 11 is 0. The number of hydrogen-bond acceptors (Lipinski definition) is 8. The SMILES string of the molecule is O=C(CN1CCN(CC(O)COc2ccc3oc(-c4ccccc4)nc3c2)CC1)Nc1ccccc1Oc1ccccc1. The molecule has 43 heavy (non-hydrogen) atoms. The minimum Gasteiger partial charge on any atom is -0.491 e. The average Bonchev–Trinajstić information content (AvgIpc) is 3.47. The van der Waals surface area contributed by atoms with Crippen molar-refractivity contribution in [3.8, 4) is 28.7 Å². The van der Waals surface area contributed by atoms with Crippen molar-refractivity contribution in [2.75, 3.05) is 51.2 Å². The lowest BCUT2D eigenvalue weighted by atomic mass is 10.2. The van der Waals surface area contributed by atoms with E-state index in [-0.39, 0.29) is 19.1 Å². The fourth-order valence-electron chi connectivity index (χ4n) is 5.04. The quantitative estimate of drug-likeness (QED) is 0.218. The number of aliphatic hydroxyl groups is 1. The minimum absolute atomic E-state index is 0.0917. The molecule has 1 saturated heterocycles. The molecule has 5 aromatic rings. The first kappa shape index (κ1) is 28.4. The number of piperazine rings is 1. The maximum atomic E-state index is 12.8. The molecule has 0 saturated carbocycles. The fraction of sp³-hybridized carbons (Fsp3) is 0.235. The van der Waals surface area contributed by atoms with Gasteiger partial charge in [-0.05, 0) is 48.5 Å². The zero-order valence-electron chi connectivity index (χ0n) is 23.8. The molecular formula is C34H34N4O5. The molecule has 6 rings (SSSR count). The number of aromatic nitrogens is 1. The first-order valence-corrected chi connectivity index (χ1v) is 14.4. The summed E-state index contributed by atoms with van der Waals surface area (Å²) in [5.41, 5.74) is 2.94. The van der Waals surface area contributed by atoms with E-state index in [4.69, 9.17) is 13.9 Å². The molecule has 0 radical (unpaired) electrons. The molecule has 9 nitrogen and oxygen atoms in total. The maximum absolute atomic E-state index is 12.8. The number of benzene rings is 4. The van der Waals surface area contributed by atoms with Gasteiger partial charge in [0.1, 0.15) is 29.7 Å². The number of nitrogens with zero attached hydrogens (tertiary/aromatic N) is 3. The van der Waals surface area contributed by atoms with Gasteiger partial charge < -0.3 is 24.3 Å². The van der Waals surface area contributed by atoms with Crippen LogP contribution in [0.4, 0.5) is 5.69 Å². The van der Waals surface area contributed by atoms with Gasteiger partial charge in [-0.3, -0.25) is 14.6 Å². The first-order valence-electron chi connectivity index (χ1n) is 14.4. The summed E-state index contributed by atoms with van der Waals surface area (Å²) in [4.78, 5) is 21.7. The number of para-hydroxylation sites is 3. The van der Waals surface area contributed by atoms with Crippen molar-refractivity contribution in [3.63, 3.8) is 0 Å². The van der Waals surface area contributed by atoms with E-state index in [0.29, 0.717) is 46.5 Å². The molecule has 4 aromatic carbocycles. The Morgan fingerprint density at radius 2 is 1.56 bits per heavy atom. The number of carbonyl (C=O) groups is 1. The number of fused-ring (bicyclic) bond motifs is 1. The lowest BCUT2D eigenvalue weighted by molar-refractivity contribution is -0.117. The molecule has 0 bridgehead atoms. The predicted octanol–water partition coefficient (Wildman–Crippen LogP) is 5.28. The topological polar surface area (TPSA) is 100 Å². The number of rotatable bonds is 11. The number of anilines is 1. The average molecular weight is 579 g/mol. The number of ether oxygens (including phenoxy) is 2. The third-order valence-electron chi connectivity index (χ3n) is 7.26. The highest BCUT2D eigenvalue weighted by atomic mass is 16.5. The van der Waals surface area contributed by atoms with E-state index in [1.165, 1.54) is 0 Å². The molecule has 2 N–H and O–H groups in total. The molecular weight excluding hydrogens is 544 g/mol. The van der Waals surface area contributed by atoms with Crippen LogP contribution >= 0.6 is 0 Å². The second-order valence-corrected chi connectivity index (χ2v) is 10.5. The van der Waals surface area contributed by atoms with E-state index in [0.717, 1.165) is 31.7 Å². The Balaban J connectivity index is 0.935. The molecule has 2 heterocycles. The molecule has 0 spiro atoms. The molecule has 1 aromatic heterocycles. The van der Waals surface area contributed by atoms with Crippen LogP contribution in [0.5, 0.6) is 17.2 Å². The van der Waals surface area contributed by atoms with Gasteiger partial charge in [-0.25, -0.2) is 4.98 Å². The van der Waals surface area contributed by atoms with Crippen molar-refractivity contribution >= 4 is 22.7 Å². The molecule has 1 aliphatic rings. The van der Waals surface area contributed by atoms with Gasteiger partial charge >= 0.3 is 0 Å². The number of amides is 1. The highest BCUT2D eigenvalue weighted by molar-refractivity contribution is 5.93. The van der Waals surface area contributed by atoms with Crippen molar-refractivity contribution in [2.45, 2.75) is 6.10 Å². The van der Waals surface area contributed by atoms with E-state index in [1.807, 2.05) is 103 Å². The van der Waals surface area contributed by atoms with E-state index in [1.54, 1.807) is 0 Å². The van der Waals surface area contributed by atoms with E-state index < -0.39 is 6.10 Å². The number of β-amino-alcohol motifs (C(OH)–C–C–N with tert-alkyl or cyclic N) is 1. The van der Waals surface area contributed by atoms with Crippen LogP contribution in [-0.2, 0) is 4.79 Å². The molecule has 1 amide bonds. The first-order chi connectivity index (χ1) is 21.1. The van der Waals surface area contributed by atoms with Crippen LogP contribution in [0.1, 0.15) is 0 Å². The van der Waals surface area contributed by atoms with Gasteiger partial charge in [0.15, 0.2) is 11.3 Å². The predicted molar refractivity (Wildman–Crippen MR) is 165 cm³/mol. The Hall–Kier alpha value is -4.70. The van der Waals surface area contributed by atoms with Gasteiger partial charge in [-0.15, -0.1) is 0 Å². The largest absolute Gasteiger partial charge is 0.491 e. The van der Waals surface area contributed by atoms with Crippen LogP contribution in [0.25, 0.3) is 22.6 Å². The Morgan fingerprint density at radius 1 is 0.860 bits per heavy atom. The van der Waals surface area contributed by atoms with Gasteiger partial charge in [-0.2, -0.15) is 0 Å². The van der Waals surface area contributed by atoms with E-state index in [9.17, 15) is 9.90 Å². The highest BCUT2D eigenvalue weighted by Gasteiger charge is 2.22. The number of aliphatic hydroxyl groups excluding tert-OH is 1. The van der Waals surface area contributed by atoms with Crippen LogP contribution in [0.15, 0.2) is 108 Å². The summed E-state index contributed by atoms with van der Waals surface area (Å²) in [7, 11) is 0. The monoisotopic (exact) mass is 578 g/mol. The summed E-state index contributed by atoms with van der Waals surface area (Å²) in [6.07, 6.45) is -0.649. The van der Waals surface area contributed by atoms with Gasteiger partial charge in [0.25, 0.3) is 0 Å². The zero-order chi connectivity index (χ0) is 29.4. The normalized spacial score (nSPS) is 14.8. The third kappa shape index (κ3) is 7.58. The van der Waals surface area contributed by atoms with Crippen molar-refractivity contribution in [3.05, 3.63) is 103 Å². The Kier molecular flexibility index (Phi) is 8.93. The molecule has 1 aliphatic heterocycles. The van der Waals surface area contributed by atoms with Crippen LogP contribution in [-0.4, -0.2) is 77.8 Å². The molecule has 9 heteroatoms. The number of nitrogens with one attached hydrogen (secondary N) is 1. The lowest BCUT2D eigenvalue weighted by Gasteiger charge is -2.35. The van der Waals surface area contributed by atoms with E-state index in [2.05, 4.69) is 20.1 Å². The fourth-order valence-corrected chi connectivity index (χ4v) is 5.04. The van der Waals surface area contributed by atoms with Crippen LogP contribution in [0.3, 0.4) is 0 Å². The Morgan fingerprint density at radius 3 is 2.35 bits per heavy atom. The molecule has 220 valence electrons. The Labute approximate surface area is 250 Å². The smallest absolute Gasteiger partial charge is 0.238 e. The third-order valence-corrected chi connectivity index (χ3v) is 7.26. The number of oxazole rings is 1. The van der Waals surface area contributed by atoms with E-state index >= 15 is 0 Å². The second kappa shape index (κ2) is 13.5. The zero-order valence-corrected chi connectivity index (χ0v) is 23.8. The summed E-state index contributed by atoms with van der Waals surface area (Å²) in [6, 6.07) is 32.2. The highest BCUT2D eigenvalue weighted by Crippen LogP contribution is 2.29. The van der Waals surface area contributed by atoms with Crippen molar-refractivity contribution in [1.29, 1.82) is 0 Å². The summed E-state index contributed by atoms with van der Waals surface area (Å²) in [5.74, 6) is 2.41. The van der Waals surface area contributed by atoms with Crippen LogP contribution < -0.4 is 14.8 Å². The van der Waals surface area contributed by atoms with Crippen molar-refractivity contribution in [1.82, 2.24) is 14.8 Å². The Bertz CT molecular complexity index is 1640. The van der Waals surface area contributed by atoms with Crippen molar-refractivity contribution in [2.24, 2.45) is 0 Å². The van der Waals surface area contributed by atoms with Crippen LogP contribution in [0.2, 0.25) is 0 Å². The van der Waals surface area contributed by atoms with Crippen LogP contribution in [0, 0.1) is 0 Å². The molecule has 1 fully saturated rings. The van der Waals surface area contributed by atoms with Gasteiger partial charge in [0.2, 0.25) is 11.8 Å². The van der Waals surface area contributed by atoms with Gasteiger partial charge in [-0.1, -0.05) is 48.5 Å². The standard InChI is InChI=1S/C34H34N4O5/c39-26(24-41-28-15-16-32-30(21-28)36-34(43-32)25-9-3-1-4-10-25)22-37-17-19-38(20-18-37)23-33(40)35-29-13-7-8-14-31(29)42-27-11-5-2-6-12-27/h1-16,21,26,39H,17-20,22-24H2,(H,35,40). The number of carbonyl (C=O) groups excluding carboxylic acids is 1. The molecule has 1 unspecified atom stereocenters. The second-order valence-electron chi connectivity index (χ2n) is 10.5. The van der Waals surface area contributed by atoms with Gasteiger partial charge in [0, 0.05) is 44.4 Å². The van der Waals surface area contributed by atoms with Crippen molar-refractivity contribution < 1.29 is 23.8 Å². The lowest BCUT2D eigenvalue weighted by Crippen LogP contribution is -2.50. The number of hydrogen-bond donors (Lipinski definition) is 2.